The molecule has 126 valence electrons. The molecule has 1 aliphatic rings. The van der Waals surface area contributed by atoms with Gasteiger partial charge < -0.3 is 15.0 Å². The molecular weight excluding hydrogens is 325 g/mol. The number of amides is 1. The van der Waals surface area contributed by atoms with Gasteiger partial charge in [0.1, 0.15) is 23.6 Å². The van der Waals surface area contributed by atoms with E-state index in [-0.39, 0.29) is 12.2 Å². The number of H-pyrrole nitrogens is 1. The summed E-state index contributed by atoms with van der Waals surface area (Å²) in [6, 6.07) is 6.56. The van der Waals surface area contributed by atoms with Gasteiger partial charge in [0.05, 0.1) is 6.04 Å². The molecule has 1 aromatic heterocycles. The largest absolute Gasteiger partial charge is 0.491 e. The standard InChI is InChI=1S/C16H13F3N2O3/c1-8-2-4-12-10(6-8)11(7-24-12)20-14(22)9-3-5-13(16(17,18)19)21-15(9)23/h2-6,11H,7H2,1H3,(H,20,22)(H,21,23)/t11-/m1/s1. The van der Waals surface area contributed by atoms with Gasteiger partial charge in [-0.05, 0) is 25.1 Å². The van der Waals surface area contributed by atoms with E-state index in [2.05, 4.69) is 5.32 Å². The average Bonchev–Trinajstić information content (AvgIpc) is 2.88. The first-order chi connectivity index (χ1) is 11.3. The molecule has 0 bridgehead atoms. The van der Waals surface area contributed by atoms with Crippen molar-refractivity contribution in [1.82, 2.24) is 10.3 Å². The van der Waals surface area contributed by atoms with Crippen LogP contribution in [0.25, 0.3) is 0 Å². The van der Waals surface area contributed by atoms with Crippen molar-refractivity contribution < 1.29 is 22.7 Å². The Morgan fingerprint density at radius 1 is 1.29 bits per heavy atom. The highest BCUT2D eigenvalue weighted by atomic mass is 19.4. The predicted molar refractivity (Wildman–Crippen MR) is 78.9 cm³/mol. The van der Waals surface area contributed by atoms with Crippen LogP contribution in [0, 0.1) is 6.92 Å². The van der Waals surface area contributed by atoms with Crippen molar-refractivity contribution in [2.75, 3.05) is 6.61 Å². The third-order valence-corrected chi connectivity index (χ3v) is 3.71. The molecule has 0 fully saturated rings. The van der Waals surface area contributed by atoms with Gasteiger partial charge in [-0.2, -0.15) is 13.2 Å². The van der Waals surface area contributed by atoms with Gasteiger partial charge in [0, 0.05) is 5.56 Å². The van der Waals surface area contributed by atoms with Crippen LogP contribution in [0.4, 0.5) is 13.2 Å². The van der Waals surface area contributed by atoms with Gasteiger partial charge in [-0.3, -0.25) is 9.59 Å². The topological polar surface area (TPSA) is 71.2 Å². The number of aromatic nitrogens is 1. The minimum atomic E-state index is -4.68. The van der Waals surface area contributed by atoms with Crippen LogP contribution >= 0.6 is 0 Å². The van der Waals surface area contributed by atoms with E-state index in [1.165, 1.54) is 0 Å². The number of ether oxygens (including phenoxy) is 1. The molecule has 1 amide bonds. The Labute approximate surface area is 134 Å². The molecule has 0 aliphatic carbocycles. The van der Waals surface area contributed by atoms with E-state index in [4.69, 9.17) is 4.74 Å². The number of fused-ring (bicyclic) bond motifs is 1. The number of rotatable bonds is 2. The Balaban J connectivity index is 1.82. The molecule has 1 aliphatic heterocycles. The highest BCUT2D eigenvalue weighted by Gasteiger charge is 2.33. The highest BCUT2D eigenvalue weighted by molar-refractivity contribution is 5.94. The average molecular weight is 338 g/mol. The fraction of sp³-hybridized carbons (Fsp3) is 0.250. The Morgan fingerprint density at radius 3 is 2.71 bits per heavy atom. The summed E-state index contributed by atoms with van der Waals surface area (Å²) >= 11 is 0. The van der Waals surface area contributed by atoms with Crippen LogP contribution in [0.1, 0.15) is 33.2 Å². The number of hydrogen-bond donors (Lipinski definition) is 2. The lowest BCUT2D eigenvalue weighted by molar-refractivity contribution is -0.141. The second kappa shape index (κ2) is 5.70. The van der Waals surface area contributed by atoms with E-state index in [1.807, 2.05) is 19.1 Å². The minimum absolute atomic E-state index is 0.197. The number of carbonyl (C=O) groups excluding carboxylic acids is 1. The van der Waals surface area contributed by atoms with Crippen LogP contribution in [-0.4, -0.2) is 17.5 Å². The van der Waals surface area contributed by atoms with Crippen molar-refractivity contribution in [1.29, 1.82) is 0 Å². The van der Waals surface area contributed by atoms with Gasteiger partial charge in [0.15, 0.2) is 0 Å². The molecule has 2 N–H and O–H groups in total. The third-order valence-electron chi connectivity index (χ3n) is 3.71. The predicted octanol–water partition coefficient (Wildman–Crippen LogP) is 2.57. The smallest absolute Gasteiger partial charge is 0.431 e. The lowest BCUT2D eigenvalue weighted by Crippen LogP contribution is -2.34. The number of nitrogens with one attached hydrogen (secondary N) is 2. The molecular formula is C16H13F3N2O3. The van der Waals surface area contributed by atoms with E-state index in [1.54, 1.807) is 11.1 Å². The second-order valence-corrected chi connectivity index (χ2v) is 5.49. The van der Waals surface area contributed by atoms with Crippen molar-refractivity contribution in [2.24, 2.45) is 0 Å². The quantitative estimate of drug-likeness (QED) is 0.884. The molecule has 3 rings (SSSR count). The fourth-order valence-electron chi connectivity index (χ4n) is 2.51. The summed E-state index contributed by atoms with van der Waals surface area (Å²) in [4.78, 5) is 25.6. The molecule has 0 unspecified atom stereocenters. The Hall–Kier alpha value is -2.77. The number of aryl methyl sites for hydroxylation is 1. The summed E-state index contributed by atoms with van der Waals surface area (Å²) in [5, 5.41) is 2.61. The molecule has 1 aromatic carbocycles. The molecule has 1 atom stereocenters. The van der Waals surface area contributed by atoms with Crippen LogP contribution < -0.4 is 15.6 Å². The lowest BCUT2D eigenvalue weighted by atomic mass is 10.1. The van der Waals surface area contributed by atoms with Crippen molar-refractivity contribution in [3.63, 3.8) is 0 Å². The lowest BCUT2D eigenvalue weighted by Gasteiger charge is -2.12. The number of halogens is 3. The van der Waals surface area contributed by atoms with Crippen LogP contribution in [-0.2, 0) is 6.18 Å². The Kier molecular flexibility index (Phi) is 3.82. The summed E-state index contributed by atoms with van der Waals surface area (Å²) in [5.41, 5.74) is -0.929. The molecule has 0 radical (unpaired) electrons. The number of aromatic amines is 1. The van der Waals surface area contributed by atoms with E-state index < -0.39 is 29.4 Å². The molecule has 5 nitrogen and oxygen atoms in total. The summed E-state index contributed by atoms with van der Waals surface area (Å²) in [7, 11) is 0. The fourth-order valence-corrected chi connectivity index (χ4v) is 2.51. The summed E-state index contributed by atoms with van der Waals surface area (Å²) in [6.07, 6.45) is -4.68. The second-order valence-electron chi connectivity index (χ2n) is 5.49. The molecule has 0 saturated carbocycles. The van der Waals surface area contributed by atoms with Crippen LogP contribution in [0.2, 0.25) is 0 Å². The SMILES string of the molecule is Cc1ccc2c(c1)[C@H](NC(=O)c1ccc(C(F)(F)F)[nH]c1=O)CO2. The van der Waals surface area contributed by atoms with Crippen molar-refractivity contribution >= 4 is 5.91 Å². The van der Waals surface area contributed by atoms with E-state index in [0.29, 0.717) is 11.8 Å². The van der Waals surface area contributed by atoms with Crippen molar-refractivity contribution in [3.8, 4) is 5.75 Å². The van der Waals surface area contributed by atoms with Crippen molar-refractivity contribution in [3.05, 3.63) is 63.1 Å². The normalized spacial score (nSPS) is 16.4. The summed E-state index contributed by atoms with van der Waals surface area (Å²) < 4.78 is 43.1. The zero-order chi connectivity index (χ0) is 17.5. The number of pyridine rings is 1. The zero-order valence-corrected chi connectivity index (χ0v) is 12.5. The first kappa shape index (κ1) is 16.1. The number of carbonyl (C=O) groups is 1. The van der Waals surface area contributed by atoms with Gasteiger partial charge in [-0.15, -0.1) is 0 Å². The monoisotopic (exact) mass is 338 g/mol. The van der Waals surface area contributed by atoms with E-state index >= 15 is 0 Å². The number of alkyl halides is 3. The van der Waals surface area contributed by atoms with Gasteiger partial charge >= 0.3 is 6.18 Å². The third kappa shape index (κ3) is 2.99. The maximum absolute atomic E-state index is 12.5. The molecule has 2 heterocycles. The van der Waals surface area contributed by atoms with Gasteiger partial charge in [0.25, 0.3) is 11.5 Å². The minimum Gasteiger partial charge on any atom is -0.491 e. The molecule has 24 heavy (non-hydrogen) atoms. The molecule has 0 spiro atoms. The van der Waals surface area contributed by atoms with Crippen LogP contribution in [0.3, 0.4) is 0 Å². The first-order valence-electron chi connectivity index (χ1n) is 7.10. The summed E-state index contributed by atoms with van der Waals surface area (Å²) in [6.45, 7) is 2.08. The maximum atomic E-state index is 12.5. The van der Waals surface area contributed by atoms with Crippen LogP contribution in [0.5, 0.6) is 5.75 Å². The maximum Gasteiger partial charge on any atom is 0.431 e. The summed E-state index contributed by atoms with van der Waals surface area (Å²) in [5.74, 6) is -0.125. The molecule has 2 aromatic rings. The Morgan fingerprint density at radius 2 is 2.04 bits per heavy atom. The number of benzene rings is 1. The highest BCUT2D eigenvalue weighted by Crippen LogP contribution is 2.33. The molecule has 8 heteroatoms. The van der Waals surface area contributed by atoms with E-state index in [9.17, 15) is 22.8 Å². The first-order valence-corrected chi connectivity index (χ1v) is 7.10. The molecule has 0 saturated heterocycles. The number of hydrogen-bond acceptors (Lipinski definition) is 3. The Bertz CT molecular complexity index is 858. The van der Waals surface area contributed by atoms with Crippen molar-refractivity contribution in [2.45, 2.75) is 19.1 Å². The van der Waals surface area contributed by atoms with Gasteiger partial charge in [-0.25, -0.2) is 0 Å². The van der Waals surface area contributed by atoms with Crippen LogP contribution in [0.15, 0.2) is 35.1 Å². The zero-order valence-electron chi connectivity index (χ0n) is 12.5. The van der Waals surface area contributed by atoms with Gasteiger partial charge in [0.2, 0.25) is 0 Å². The van der Waals surface area contributed by atoms with E-state index in [0.717, 1.165) is 17.2 Å². The van der Waals surface area contributed by atoms with Gasteiger partial charge in [-0.1, -0.05) is 17.7 Å².